The molecule has 0 saturated carbocycles. The van der Waals surface area contributed by atoms with E-state index in [0.717, 1.165) is 30.9 Å². The fourth-order valence-corrected chi connectivity index (χ4v) is 2.53. The van der Waals surface area contributed by atoms with Crippen molar-refractivity contribution in [2.45, 2.75) is 39.5 Å². The smallest absolute Gasteiger partial charge is 0.129 e. The number of piperidine rings is 1. The number of aryl methyl sites for hydroxylation is 1. The summed E-state index contributed by atoms with van der Waals surface area (Å²) in [5, 5.41) is 3.50. The van der Waals surface area contributed by atoms with Crippen LogP contribution in [0.5, 0.6) is 0 Å². The van der Waals surface area contributed by atoms with Gasteiger partial charge in [0.25, 0.3) is 0 Å². The fraction of sp³-hybridized carbons (Fsp3) is 0.733. The van der Waals surface area contributed by atoms with Crippen LogP contribution in [0.3, 0.4) is 0 Å². The van der Waals surface area contributed by atoms with Gasteiger partial charge >= 0.3 is 0 Å². The monoisotopic (exact) mass is 262 g/mol. The average Bonchev–Trinajstić information content (AvgIpc) is 2.41. The highest BCUT2D eigenvalue weighted by molar-refractivity contribution is 5.35. The number of hydrogen-bond donors (Lipinski definition) is 1. The van der Waals surface area contributed by atoms with Crippen molar-refractivity contribution in [1.29, 1.82) is 0 Å². The van der Waals surface area contributed by atoms with Gasteiger partial charge in [0.15, 0.2) is 0 Å². The maximum Gasteiger partial charge on any atom is 0.129 e. The Hall–Kier alpha value is -1.16. The van der Waals surface area contributed by atoms with E-state index in [4.69, 9.17) is 0 Å². The predicted molar refractivity (Wildman–Crippen MR) is 79.4 cm³/mol. The number of likely N-dealkylation sites (tertiary alicyclic amines) is 1. The van der Waals surface area contributed by atoms with Crippen molar-refractivity contribution in [1.82, 2.24) is 14.9 Å². The van der Waals surface area contributed by atoms with Gasteiger partial charge in [-0.25, -0.2) is 9.97 Å². The molecular weight excluding hydrogens is 236 g/mol. The molecular formula is C15H26N4. The molecule has 0 bridgehead atoms. The lowest BCUT2D eigenvalue weighted by atomic mass is 9.80. The van der Waals surface area contributed by atoms with Crippen LogP contribution >= 0.6 is 0 Å². The van der Waals surface area contributed by atoms with Crippen molar-refractivity contribution in [3.05, 3.63) is 18.1 Å². The molecule has 1 aliphatic rings. The third kappa shape index (κ3) is 4.16. The Morgan fingerprint density at radius 2 is 2.05 bits per heavy atom. The van der Waals surface area contributed by atoms with E-state index < -0.39 is 0 Å². The van der Waals surface area contributed by atoms with Crippen LogP contribution in [0.2, 0.25) is 0 Å². The quantitative estimate of drug-likeness (QED) is 0.885. The lowest BCUT2D eigenvalue weighted by molar-refractivity contribution is 0.150. The fourth-order valence-electron chi connectivity index (χ4n) is 2.53. The van der Waals surface area contributed by atoms with Gasteiger partial charge in [0.1, 0.15) is 12.1 Å². The molecule has 0 spiro atoms. The first-order chi connectivity index (χ1) is 9.11. The van der Waals surface area contributed by atoms with E-state index >= 15 is 0 Å². The van der Waals surface area contributed by atoms with Crippen molar-refractivity contribution in [3.63, 3.8) is 0 Å². The molecule has 1 N–H and O–H groups in total. The Bertz CT molecular complexity index is 397. The van der Waals surface area contributed by atoms with Gasteiger partial charge in [-0.05, 0) is 44.8 Å². The zero-order valence-corrected chi connectivity index (χ0v) is 12.4. The zero-order chi connectivity index (χ0) is 13.7. The molecule has 1 fully saturated rings. The van der Waals surface area contributed by atoms with Crippen molar-refractivity contribution in [2.24, 2.45) is 5.41 Å². The number of hydrogen-bond acceptors (Lipinski definition) is 4. The normalized spacial score (nSPS) is 19.3. The van der Waals surface area contributed by atoms with E-state index in [2.05, 4.69) is 47.1 Å². The van der Waals surface area contributed by atoms with E-state index in [1.54, 1.807) is 6.33 Å². The lowest BCUT2D eigenvalue weighted by Crippen LogP contribution is -2.40. The molecule has 0 atom stereocenters. The predicted octanol–water partition coefficient (Wildman–Crippen LogP) is 2.57. The molecule has 1 aromatic rings. The number of nitrogens with zero attached hydrogens (tertiary/aromatic N) is 3. The molecule has 0 amide bonds. The molecule has 0 aliphatic carbocycles. The van der Waals surface area contributed by atoms with Gasteiger partial charge in [0.2, 0.25) is 0 Å². The second kappa shape index (κ2) is 6.33. The maximum absolute atomic E-state index is 4.32. The van der Waals surface area contributed by atoms with Crippen LogP contribution in [0.25, 0.3) is 0 Å². The summed E-state index contributed by atoms with van der Waals surface area (Å²) < 4.78 is 0. The first-order valence-electron chi connectivity index (χ1n) is 7.35. The van der Waals surface area contributed by atoms with Crippen LogP contribution in [0, 0.1) is 5.41 Å². The molecule has 19 heavy (non-hydrogen) atoms. The Kier molecular flexibility index (Phi) is 4.75. The van der Waals surface area contributed by atoms with Crippen molar-refractivity contribution >= 4 is 5.82 Å². The van der Waals surface area contributed by atoms with Crippen LogP contribution in [-0.4, -0.2) is 41.5 Å². The Morgan fingerprint density at radius 3 is 2.74 bits per heavy atom. The Balaban J connectivity index is 1.89. The van der Waals surface area contributed by atoms with Gasteiger partial charge < -0.3 is 10.2 Å². The molecule has 1 saturated heterocycles. The summed E-state index contributed by atoms with van der Waals surface area (Å²) in [5.74, 6) is 0.971. The highest BCUT2D eigenvalue weighted by atomic mass is 15.1. The minimum absolute atomic E-state index is 0.391. The van der Waals surface area contributed by atoms with E-state index in [9.17, 15) is 0 Å². The molecule has 2 rings (SSSR count). The van der Waals surface area contributed by atoms with Crippen LogP contribution in [0.1, 0.15) is 38.8 Å². The SMILES string of the molecule is CCCc1cc(NCC2(C)CCN(C)CC2)ncn1. The van der Waals surface area contributed by atoms with E-state index in [0.29, 0.717) is 5.41 Å². The summed E-state index contributed by atoms with van der Waals surface area (Å²) in [5.41, 5.74) is 1.52. The third-order valence-electron chi connectivity index (χ3n) is 4.12. The molecule has 2 heterocycles. The van der Waals surface area contributed by atoms with E-state index in [1.807, 2.05) is 0 Å². The summed E-state index contributed by atoms with van der Waals surface area (Å²) >= 11 is 0. The van der Waals surface area contributed by atoms with Gasteiger partial charge in [0, 0.05) is 18.3 Å². The van der Waals surface area contributed by atoms with Crippen molar-refractivity contribution in [3.8, 4) is 0 Å². The minimum atomic E-state index is 0.391. The Labute approximate surface area is 116 Å². The van der Waals surface area contributed by atoms with Crippen LogP contribution in [-0.2, 0) is 6.42 Å². The number of rotatable bonds is 5. The van der Waals surface area contributed by atoms with Gasteiger partial charge in [-0.15, -0.1) is 0 Å². The summed E-state index contributed by atoms with van der Waals surface area (Å²) in [6.45, 7) is 7.95. The third-order valence-corrected chi connectivity index (χ3v) is 4.12. The summed E-state index contributed by atoms with van der Waals surface area (Å²) in [6.07, 6.45) is 6.33. The zero-order valence-electron chi connectivity index (χ0n) is 12.4. The van der Waals surface area contributed by atoms with E-state index in [1.165, 1.54) is 25.9 Å². The summed E-state index contributed by atoms with van der Waals surface area (Å²) in [4.78, 5) is 11.0. The number of anilines is 1. The lowest BCUT2D eigenvalue weighted by Gasteiger charge is -2.38. The number of aromatic nitrogens is 2. The first kappa shape index (κ1) is 14.3. The second-order valence-electron chi connectivity index (χ2n) is 6.11. The minimum Gasteiger partial charge on any atom is -0.369 e. The van der Waals surface area contributed by atoms with Crippen LogP contribution in [0.4, 0.5) is 5.82 Å². The molecule has 1 aliphatic heterocycles. The molecule has 0 radical (unpaired) electrons. The highest BCUT2D eigenvalue weighted by Gasteiger charge is 2.28. The standard InChI is InChI=1S/C15H26N4/c1-4-5-13-10-14(18-12-17-13)16-11-15(2)6-8-19(3)9-7-15/h10,12H,4-9,11H2,1-3H3,(H,16,17,18). The largest absolute Gasteiger partial charge is 0.369 e. The molecule has 0 unspecified atom stereocenters. The van der Waals surface area contributed by atoms with Gasteiger partial charge in [-0.3, -0.25) is 0 Å². The average molecular weight is 262 g/mol. The summed E-state index contributed by atoms with van der Waals surface area (Å²) in [7, 11) is 2.20. The molecule has 0 aromatic carbocycles. The molecule has 4 nitrogen and oxygen atoms in total. The highest BCUT2D eigenvalue weighted by Crippen LogP contribution is 2.30. The van der Waals surface area contributed by atoms with Crippen LogP contribution < -0.4 is 5.32 Å². The molecule has 1 aromatic heterocycles. The molecule has 4 heteroatoms. The molecule has 106 valence electrons. The maximum atomic E-state index is 4.32. The van der Waals surface area contributed by atoms with Gasteiger partial charge in [-0.2, -0.15) is 0 Å². The van der Waals surface area contributed by atoms with Gasteiger partial charge in [0.05, 0.1) is 0 Å². The van der Waals surface area contributed by atoms with E-state index in [-0.39, 0.29) is 0 Å². The Morgan fingerprint density at radius 1 is 1.32 bits per heavy atom. The topological polar surface area (TPSA) is 41.0 Å². The number of nitrogens with one attached hydrogen (secondary N) is 1. The first-order valence-corrected chi connectivity index (χ1v) is 7.35. The van der Waals surface area contributed by atoms with Crippen molar-refractivity contribution < 1.29 is 0 Å². The second-order valence-corrected chi connectivity index (χ2v) is 6.11. The van der Waals surface area contributed by atoms with Crippen molar-refractivity contribution in [2.75, 3.05) is 32.0 Å². The summed E-state index contributed by atoms with van der Waals surface area (Å²) in [6, 6.07) is 2.09. The van der Waals surface area contributed by atoms with Crippen LogP contribution in [0.15, 0.2) is 12.4 Å². The van der Waals surface area contributed by atoms with Gasteiger partial charge in [-0.1, -0.05) is 20.3 Å².